The second-order valence-corrected chi connectivity index (χ2v) is 5.49. The molecule has 20 heavy (non-hydrogen) atoms. The van der Waals surface area contributed by atoms with Crippen molar-refractivity contribution in [2.24, 2.45) is 5.41 Å². The Morgan fingerprint density at radius 1 is 1.35 bits per heavy atom. The molecule has 0 saturated carbocycles. The average molecular weight is 277 g/mol. The normalized spacial score (nSPS) is 20.2. The van der Waals surface area contributed by atoms with E-state index in [9.17, 15) is 9.90 Å². The fraction of sp³-hybridized carbons (Fsp3) is 0.562. The van der Waals surface area contributed by atoms with Crippen molar-refractivity contribution in [1.29, 1.82) is 0 Å². The molecule has 4 nitrogen and oxygen atoms in total. The third-order valence-electron chi connectivity index (χ3n) is 4.24. The number of carbonyl (C=O) groups is 1. The molecule has 2 rings (SSSR count). The van der Waals surface area contributed by atoms with Crippen LogP contribution in [-0.4, -0.2) is 42.2 Å². The van der Waals surface area contributed by atoms with E-state index in [2.05, 4.69) is 0 Å². The molecule has 1 aromatic rings. The first-order valence-electron chi connectivity index (χ1n) is 7.19. The number of hydrogen-bond acceptors (Lipinski definition) is 3. The molecule has 2 atom stereocenters. The summed E-state index contributed by atoms with van der Waals surface area (Å²) in [6.45, 7) is 6.17. The number of benzene rings is 1. The maximum atomic E-state index is 12.8. The molecule has 0 aromatic heterocycles. The maximum Gasteiger partial charge on any atom is 0.231 e. The number of morpholine rings is 1. The average Bonchev–Trinajstić information content (AvgIpc) is 2.54. The van der Waals surface area contributed by atoms with Gasteiger partial charge in [0.05, 0.1) is 24.7 Å². The highest BCUT2D eigenvalue weighted by Crippen LogP contribution is 2.38. The molecule has 0 bridgehead atoms. The Morgan fingerprint density at radius 3 is 2.50 bits per heavy atom. The van der Waals surface area contributed by atoms with Crippen LogP contribution < -0.4 is 0 Å². The summed E-state index contributed by atoms with van der Waals surface area (Å²) in [4.78, 5) is 14.6. The van der Waals surface area contributed by atoms with Crippen LogP contribution in [0.4, 0.5) is 0 Å². The number of rotatable bonds is 4. The lowest BCUT2D eigenvalue weighted by molar-refractivity contribution is -0.153. The van der Waals surface area contributed by atoms with Crippen LogP contribution in [0.5, 0.6) is 0 Å². The van der Waals surface area contributed by atoms with Crippen molar-refractivity contribution in [2.75, 3.05) is 26.3 Å². The summed E-state index contributed by atoms with van der Waals surface area (Å²) in [7, 11) is 0. The van der Waals surface area contributed by atoms with E-state index in [-0.39, 0.29) is 5.91 Å². The zero-order valence-electron chi connectivity index (χ0n) is 12.2. The zero-order chi connectivity index (χ0) is 14.6. The predicted octanol–water partition coefficient (Wildman–Crippen LogP) is 2.00. The molecule has 1 fully saturated rings. The summed E-state index contributed by atoms with van der Waals surface area (Å²) in [6.07, 6.45) is -0.191. The van der Waals surface area contributed by atoms with Crippen LogP contribution >= 0.6 is 0 Å². The predicted molar refractivity (Wildman–Crippen MR) is 77.2 cm³/mol. The molecule has 1 aliphatic heterocycles. The van der Waals surface area contributed by atoms with E-state index in [0.717, 1.165) is 5.56 Å². The highest BCUT2D eigenvalue weighted by molar-refractivity contribution is 5.83. The van der Waals surface area contributed by atoms with Gasteiger partial charge in [-0.25, -0.2) is 0 Å². The Labute approximate surface area is 120 Å². The van der Waals surface area contributed by atoms with Crippen LogP contribution in [-0.2, 0) is 9.53 Å². The second-order valence-electron chi connectivity index (χ2n) is 5.49. The first kappa shape index (κ1) is 15.0. The smallest absolute Gasteiger partial charge is 0.231 e. The monoisotopic (exact) mass is 277 g/mol. The van der Waals surface area contributed by atoms with Gasteiger partial charge in [-0.3, -0.25) is 4.79 Å². The van der Waals surface area contributed by atoms with Gasteiger partial charge in [0.25, 0.3) is 0 Å². The van der Waals surface area contributed by atoms with Crippen LogP contribution in [0.3, 0.4) is 0 Å². The number of nitrogens with zero attached hydrogens (tertiary/aromatic N) is 1. The minimum Gasteiger partial charge on any atom is -0.387 e. The Hall–Kier alpha value is -1.39. The number of carbonyl (C=O) groups excluding carboxylic acids is 1. The summed E-state index contributed by atoms with van der Waals surface area (Å²) in [5.74, 6) is 0.0136. The number of aliphatic hydroxyl groups excluding tert-OH is 1. The maximum absolute atomic E-state index is 12.8. The van der Waals surface area contributed by atoms with Gasteiger partial charge >= 0.3 is 0 Å². The lowest BCUT2D eigenvalue weighted by Crippen LogP contribution is -2.49. The lowest BCUT2D eigenvalue weighted by Gasteiger charge is -2.38. The van der Waals surface area contributed by atoms with Crippen LogP contribution in [0.15, 0.2) is 30.3 Å². The number of hydrogen-bond donors (Lipinski definition) is 1. The summed E-state index contributed by atoms with van der Waals surface area (Å²) in [5, 5.41) is 10.7. The molecule has 4 heteroatoms. The van der Waals surface area contributed by atoms with E-state index in [1.807, 2.05) is 44.2 Å². The Morgan fingerprint density at radius 2 is 1.95 bits per heavy atom. The van der Waals surface area contributed by atoms with E-state index in [4.69, 9.17) is 4.74 Å². The first-order chi connectivity index (χ1) is 9.59. The standard InChI is InChI=1S/C16H23NO3/c1-3-16(2,14(18)13-7-5-4-6-8-13)15(19)17-9-11-20-12-10-17/h4-8,14,18H,3,9-12H2,1-2H3. The summed E-state index contributed by atoms with van der Waals surface area (Å²) >= 11 is 0. The molecule has 0 spiro atoms. The molecule has 1 aliphatic rings. The van der Waals surface area contributed by atoms with Gasteiger partial charge in [0.2, 0.25) is 5.91 Å². The van der Waals surface area contributed by atoms with Crippen molar-refractivity contribution in [2.45, 2.75) is 26.4 Å². The molecule has 0 radical (unpaired) electrons. The van der Waals surface area contributed by atoms with Gasteiger partial charge in [-0.1, -0.05) is 37.3 Å². The molecule has 110 valence electrons. The van der Waals surface area contributed by atoms with E-state index >= 15 is 0 Å². The molecular formula is C16H23NO3. The van der Waals surface area contributed by atoms with E-state index < -0.39 is 11.5 Å². The minimum atomic E-state index is -0.793. The third-order valence-corrected chi connectivity index (χ3v) is 4.24. The van der Waals surface area contributed by atoms with Gasteiger partial charge in [0, 0.05) is 13.1 Å². The minimum absolute atomic E-state index is 0.0136. The van der Waals surface area contributed by atoms with Crippen molar-refractivity contribution in [3.05, 3.63) is 35.9 Å². The van der Waals surface area contributed by atoms with E-state index in [0.29, 0.717) is 32.7 Å². The summed E-state index contributed by atoms with van der Waals surface area (Å²) < 4.78 is 5.28. The van der Waals surface area contributed by atoms with E-state index in [1.54, 1.807) is 4.90 Å². The highest BCUT2D eigenvalue weighted by atomic mass is 16.5. The summed E-state index contributed by atoms with van der Waals surface area (Å²) in [5.41, 5.74) is -0.00272. The van der Waals surface area contributed by atoms with Crippen LogP contribution in [0, 0.1) is 5.41 Å². The number of ether oxygens (including phenoxy) is 1. The molecule has 1 N–H and O–H groups in total. The second kappa shape index (κ2) is 6.37. The number of aliphatic hydroxyl groups is 1. The van der Waals surface area contributed by atoms with Crippen LogP contribution in [0.1, 0.15) is 31.9 Å². The number of amides is 1. The van der Waals surface area contributed by atoms with Crippen molar-refractivity contribution >= 4 is 5.91 Å². The van der Waals surface area contributed by atoms with Crippen molar-refractivity contribution < 1.29 is 14.6 Å². The third kappa shape index (κ3) is 2.86. The largest absolute Gasteiger partial charge is 0.387 e. The Balaban J connectivity index is 2.21. The molecule has 2 unspecified atom stereocenters. The molecule has 0 aliphatic carbocycles. The van der Waals surface area contributed by atoms with Gasteiger partial charge < -0.3 is 14.7 Å². The zero-order valence-corrected chi connectivity index (χ0v) is 12.2. The fourth-order valence-electron chi connectivity index (χ4n) is 2.59. The SMILES string of the molecule is CCC(C)(C(=O)N1CCOCC1)C(O)c1ccccc1. The van der Waals surface area contributed by atoms with Crippen molar-refractivity contribution in [1.82, 2.24) is 4.90 Å². The van der Waals surface area contributed by atoms with Crippen molar-refractivity contribution in [3.8, 4) is 0 Å². The van der Waals surface area contributed by atoms with Gasteiger partial charge in [-0.15, -0.1) is 0 Å². The van der Waals surface area contributed by atoms with Gasteiger partial charge in [0.15, 0.2) is 0 Å². The molecule has 1 saturated heterocycles. The van der Waals surface area contributed by atoms with E-state index in [1.165, 1.54) is 0 Å². The molecule has 1 aromatic carbocycles. The quantitative estimate of drug-likeness (QED) is 0.915. The van der Waals surface area contributed by atoms with Gasteiger partial charge in [0.1, 0.15) is 0 Å². The fourth-order valence-corrected chi connectivity index (χ4v) is 2.59. The van der Waals surface area contributed by atoms with Gasteiger partial charge in [-0.05, 0) is 18.9 Å². The van der Waals surface area contributed by atoms with Gasteiger partial charge in [-0.2, -0.15) is 0 Å². The molecule has 1 heterocycles. The highest BCUT2D eigenvalue weighted by Gasteiger charge is 2.42. The molecule has 1 amide bonds. The Bertz CT molecular complexity index is 442. The molecular weight excluding hydrogens is 254 g/mol. The topological polar surface area (TPSA) is 49.8 Å². The first-order valence-corrected chi connectivity index (χ1v) is 7.19. The van der Waals surface area contributed by atoms with Crippen LogP contribution in [0.25, 0.3) is 0 Å². The summed E-state index contributed by atoms with van der Waals surface area (Å²) in [6, 6.07) is 9.40. The van der Waals surface area contributed by atoms with Crippen LogP contribution in [0.2, 0.25) is 0 Å². The lowest BCUT2D eigenvalue weighted by atomic mass is 9.77. The Kier molecular flexibility index (Phi) is 4.78. The van der Waals surface area contributed by atoms with Crippen molar-refractivity contribution in [3.63, 3.8) is 0 Å².